The van der Waals surface area contributed by atoms with E-state index in [1.807, 2.05) is 4.90 Å². The van der Waals surface area contributed by atoms with Crippen molar-refractivity contribution in [3.05, 3.63) is 30.1 Å². The molecule has 1 saturated heterocycles. The third-order valence-electron chi connectivity index (χ3n) is 4.20. The fourth-order valence-corrected chi connectivity index (χ4v) is 2.80. The van der Waals surface area contributed by atoms with Gasteiger partial charge < -0.3 is 9.64 Å². The second-order valence-corrected chi connectivity index (χ2v) is 5.61. The summed E-state index contributed by atoms with van der Waals surface area (Å²) in [6.45, 7) is 5.63. The summed E-state index contributed by atoms with van der Waals surface area (Å²) in [4.78, 5) is 14.3. The highest BCUT2D eigenvalue weighted by molar-refractivity contribution is 5.78. The Labute approximate surface area is 126 Å². The first kappa shape index (κ1) is 15.8. The van der Waals surface area contributed by atoms with Crippen LogP contribution >= 0.6 is 0 Å². The Morgan fingerprint density at radius 3 is 2.33 bits per heavy atom. The van der Waals surface area contributed by atoms with Gasteiger partial charge in [-0.15, -0.1) is 0 Å². The first-order valence-corrected chi connectivity index (χ1v) is 7.85. The standard InChI is InChI=1S/C17H24FNO2/c1-3-13(4-2)17(20)19-11-9-16(10-12-19)21-15-7-5-14(18)6-8-15/h5-8,13,16H,3-4,9-12H2,1-2H3. The Hall–Kier alpha value is -1.58. The van der Waals surface area contributed by atoms with Crippen LogP contribution in [0.25, 0.3) is 0 Å². The van der Waals surface area contributed by atoms with Gasteiger partial charge >= 0.3 is 0 Å². The molecule has 0 spiro atoms. The van der Waals surface area contributed by atoms with Crippen LogP contribution in [0.1, 0.15) is 39.5 Å². The Kier molecular flexibility index (Phi) is 5.59. The minimum absolute atomic E-state index is 0.112. The molecule has 0 radical (unpaired) electrons. The molecule has 0 N–H and O–H groups in total. The maximum atomic E-state index is 12.8. The quantitative estimate of drug-likeness (QED) is 0.829. The van der Waals surface area contributed by atoms with E-state index < -0.39 is 0 Å². The highest BCUT2D eigenvalue weighted by atomic mass is 19.1. The zero-order chi connectivity index (χ0) is 15.2. The summed E-state index contributed by atoms with van der Waals surface area (Å²) in [7, 11) is 0. The second-order valence-electron chi connectivity index (χ2n) is 5.61. The molecule has 116 valence electrons. The van der Waals surface area contributed by atoms with Crippen LogP contribution in [-0.2, 0) is 4.79 Å². The number of hydrogen-bond acceptors (Lipinski definition) is 2. The van der Waals surface area contributed by atoms with E-state index in [0.717, 1.165) is 38.8 Å². The summed E-state index contributed by atoms with van der Waals surface area (Å²) in [5, 5.41) is 0. The van der Waals surface area contributed by atoms with Gasteiger partial charge in [0.2, 0.25) is 5.91 Å². The van der Waals surface area contributed by atoms with Crippen molar-refractivity contribution < 1.29 is 13.9 Å². The van der Waals surface area contributed by atoms with E-state index in [-0.39, 0.29) is 23.7 Å². The molecule has 0 atom stereocenters. The van der Waals surface area contributed by atoms with Crippen LogP contribution in [0, 0.1) is 11.7 Å². The van der Waals surface area contributed by atoms with Crippen molar-refractivity contribution in [2.24, 2.45) is 5.92 Å². The molecule has 1 aromatic carbocycles. The van der Waals surface area contributed by atoms with E-state index in [0.29, 0.717) is 5.75 Å². The average Bonchev–Trinajstić information content (AvgIpc) is 2.51. The van der Waals surface area contributed by atoms with Gasteiger partial charge in [0, 0.05) is 31.8 Å². The zero-order valence-corrected chi connectivity index (χ0v) is 12.8. The number of rotatable bonds is 5. The van der Waals surface area contributed by atoms with E-state index in [2.05, 4.69) is 13.8 Å². The smallest absolute Gasteiger partial charge is 0.225 e. The number of benzene rings is 1. The van der Waals surface area contributed by atoms with E-state index in [1.165, 1.54) is 12.1 Å². The van der Waals surface area contributed by atoms with E-state index in [9.17, 15) is 9.18 Å². The van der Waals surface area contributed by atoms with Crippen LogP contribution in [0.3, 0.4) is 0 Å². The minimum atomic E-state index is -0.257. The van der Waals surface area contributed by atoms with Gasteiger partial charge in [-0.1, -0.05) is 13.8 Å². The third kappa shape index (κ3) is 4.19. The number of nitrogens with zero attached hydrogens (tertiary/aromatic N) is 1. The molecule has 2 rings (SSSR count). The van der Waals surface area contributed by atoms with Crippen LogP contribution < -0.4 is 4.74 Å². The number of likely N-dealkylation sites (tertiary alicyclic amines) is 1. The van der Waals surface area contributed by atoms with E-state index in [4.69, 9.17) is 4.74 Å². The molecule has 0 aliphatic carbocycles. The van der Waals surface area contributed by atoms with Gasteiger partial charge in [0.15, 0.2) is 0 Å². The van der Waals surface area contributed by atoms with Crippen molar-refractivity contribution in [1.29, 1.82) is 0 Å². The second kappa shape index (κ2) is 7.43. The average molecular weight is 293 g/mol. The van der Waals surface area contributed by atoms with Crippen molar-refractivity contribution in [1.82, 2.24) is 4.90 Å². The summed E-state index contributed by atoms with van der Waals surface area (Å²) < 4.78 is 18.7. The monoisotopic (exact) mass is 293 g/mol. The SMILES string of the molecule is CCC(CC)C(=O)N1CCC(Oc2ccc(F)cc2)CC1. The maximum absolute atomic E-state index is 12.8. The zero-order valence-electron chi connectivity index (χ0n) is 12.8. The maximum Gasteiger partial charge on any atom is 0.225 e. The predicted molar refractivity (Wildman–Crippen MR) is 80.7 cm³/mol. The molecule has 0 unspecified atom stereocenters. The van der Waals surface area contributed by atoms with Crippen LogP contribution in [0.15, 0.2) is 24.3 Å². The molecule has 0 bridgehead atoms. The van der Waals surface area contributed by atoms with E-state index in [1.54, 1.807) is 12.1 Å². The number of ether oxygens (including phenoxy) is 1. The largest absolute Gasteiger partial charge is 0.490 e. The fourth-order valence-electron chi connectivity index (χ4n) is 2.80. The summed E-state index contributed by atoms with van der Waals surface area (Å²) in [5.41, 5.74) is 0. The lowest BCUT2D eigenvalue weighted by atomic mass is 9.99. The summed E-state index contributed by atoms with van der Waals surface area (Å²) >= 11 is 0. The number of hydrogen-bond donors (Lipinski definition) is 0. The first-order chi connectivity index (χ1) is 10.1. The molecule has 1 heterocycles. The molecule has 3 nitrogen and oxygen atoms in total. The van der Waals surface area contributed by atoms with Crippen molar-refractivity contribution in [2.45, 2.75) is 45.6 Å². The van der Waals surface area contributed by atoms with Gasteiger partial charge in [0.25, 0.3) is 0 Å². The van der Waals surface area contributed by atoms with Crippen molar-refractivity contribution in [3.63, 3.8) is 0 Å². The topological polar surface area (TPSA) is 29.5 Å². The highest BCUT2D eigenvalue weighted by Crippen LogP contribution is 2.21. The lowest BCUT2D eigenvalue weighted by molar-refractivity contribution is -0.137. The molecule has 1 amide bonds. The molecular formula is C17H24FNO2. The molecule has 1 fully saturated rings. The Morgan fingerprint density at radius 2 is 1.81 bits per heavy atom. The number of carbonyl (C=O) groups is 1. The summed E-state index contributed by atoms with van der Waals surface area (Å²) in [6.07, 6.45) is 3.59. The molecular weight excluding hydrogens is 269 g/mol. The fraction of sp³-hybridized carbons (Fsp3) is 0.588. The van der Waals surface area contributed by atoms with Crippen molar-refractivity contribution >= 4 is 5.91 Å². The molecule has 1 aliphatic rings. The summed E-state index contributed by atoms with van der Waals surface area (Å²) in [6, 6.07) is 6.11. The highest BCUT2D eigenvalue weighted by Gasteiger charge is 2.27. The Morgan fingerprint density at radius 1 is 1.24 bits per heavy atom. The molecule has 0 saturated carbocycles. The van der Waals surface area contributed by atoms with E-state index >= 15 is 0 Å². The molecule has 4 heteroatoms. The Bertz CT molecular complexity index is 448. The van der Waals surface area contributed by atoms with Gasteiger partial charge in [0.05, 0.1) is 0 Å². The lowest BCUT2D eigenvalue weighted by Gasteiger charge is -2.34. The molecule has 21 heavy (non-hydrogen) atoms. The first-order valence-electron chi connectivity index (χ1n) is 7.85. The normalized spacial score (nSPS) is 16.3. The van der Waals surface area contributed by atoms with Gasteiger partial charge in [-0.3, -0.25) is 4.79 Å². The minimum Gasteiger partial charge on any atom is -0.490 e. The number of amides is 1. The number of piperidine rings is 1. The third-order valence-corrected chi connectivity index (χ3v) is 4.20. The van der Waals surface area contributed by atoms with Crippen molar-refractivity contribution in [3.8, 4) is 5.75 Å². The number of carbonyl (C=O) groups excluding carboxylic acids is 1. The predicted octanol–water partition coefficient (Wildman–Crippen LogP) is 3.63. The molecule has 0 aromatic heterocycles. The Balaban J connectivity index is 1.83. The van der Waals surface area contributed by atoms with Crippen molar-refractivity contribution in [2.75, 3.05) is 13.1 Å². The molecule has 1 aliphatic heterocycles. The van der Waals surface area contributed by atoms with Crippen LogP contribution in [-0.4, -0.2) is 30.0 Å². The molecule has 1 aromatic rings. The van der Waals surface area contributed by atoms with Gasteiger partial charge in [-0.25, -0.2) is 4.39 Å². The van der Waals surface area contributed by atoms with Gasteiger partial charge in [0.1, 0.15) is 17.7 Å². The van der Waals surface area contributed by atoms with Gasteiger partial charge in [-0.05, 0) is 37.1 Å². The summed E-state index contributed by atoms with van der Waals surface area (Å²) in [5.74, 6) is 0.869. The van der Waals surface area contributed by atoms with Crippen LogP contribution in [0.2, 0.25) is 0 Å². The van der Waals surface area contributed by atoms with Crippen LogP contribution in [0.4, 0.5) is 4.39 Å². The number of halogens is 1. The lowest BCUT2D eigenvalue weighted by Crippen LogP contribution is -2.44. The van der Waals surface area contributed by atoms with Crippen LogP contribution in [0.5, 0.6) is 5.75 Å². The van der Waals surface area contributed by atoms with Gasteiger partial charge in [-0.2, -0.15) is 0 Å².